The zero-order chi connectivity index (χ0) is 19.5. The molecule has 6 nitrogen and oxygen atoms in total. The van der Waals surface area contributed by atoms with Gasteiger partial charge in [0.05, 0.1) is 5.56 Å². The number of fused-ring (bicyclic) bond motifs is 1. The summed E-state index contributed by atoms with van der Waals surface area (Å²) in [6.07, 6.45) is 8.83. The standard InChI is InChI=1S/C20H23N5OS2/c1-2-10-25-18(13-7-8-13)23-24-20(25)27-11-9-17(26)22-19-15(12-21)14-5-3-4-6-16(14)28-19/h2,13H,1,3-11H2,(H,22,26). The van der Waals surface area contributed by atoms with E-state index in [4.69, 9.17) is 0 Å². The molecule has 2 aromatic heterocycles. The first kappa shape index (κ1) is 19.2. The number of carbonyl (C=O) groups excluding carboxylic acids is 1. The number of hydrogen-bond acceptors (Lipinski definition) is 6. The lowest BCUT2D eigenvalue weighted by molar-refractivity contribution is -0.115. The average molecular weight is 414 g/mol. The van der Waals surface area contributed by atoms with Gasteiger partial charge in [-0.3, -0.25) is 4.79 Å². The Bertz CT molecular complexity index is 935. The Kier molecular flexibility index (Phi) is 5.83. The summed E-state index contributed by atoms with van der Waals surface area (Å²) >= 11 is 3.12. The van der Waals surface area contributed by atoms with Crippen molar-refractivity contribution in [1.82, 2.24) is 14.8 Å². The molecule has 1 amide bonds. The number of aromatic nitrogens is 3. The van der Waals surface area contributed by atoms with E-state index in [1.165, 1.54) is 17.7 Å². The molecule has 4 rings (SSSR count). The Labute approximate surface area is 173 Å². The molecule has 1 N–H and O–H groups in total. The van der Waals surface area contributed by atoms with Gasteiger partial charge in [-0.1, -0.05) is 17.8 Å². The Morgan fingerprint density at radius 3 is 2.96 bits per heavy atom. The van der Waals surface area contributed by atoms with Gasteiger partial charge in [0.25, 0.3) is 0 Å². The molecule has 8 heteroatoms. The van der Waals surface area contributed by atoms with Crippen LogP contribution in [0.25, 0.3) is 0 Å². The van der Waals surface area contributed by atoms with Crippen molar-refractivity contribution in [3.63, 3.8) is 0 Å². The number of anilines is 1. The van der Waals surface area contributed by atoms with Gasteiger partial charge in [0.2, 0.25) is 5.91 Å². The molecule has 0 bridgehead atoms. The van der Waals surface area contributed by atoms with Crippen LogP contribution in [-0.4, -0.2) is 26.4 Å². The summed E-state index contributed by atoms with van der Waals surface area (Å²) in [5.74, 6) is 2.13. The molecule has 0 atom stereocenters. The van der Waals surface area contributed by atoms with Crippen LogP contribution in [0.1, 0.15) is 59.9 Å². The van der Waals surface area contributed by atoms with Gasteiger partial charge in [-0.15, -0.1) is 28.1 Å². The highest BCUT2D eigenvalue weighted by molar-refractivity contribution is 7.99. The molecule has 0 saturated heterocycles. The molecule has 1 saturated carbocycles. The van der Waals surface area contributed by atoms with Gasteiger partial charge in [0, 0.05) is 29.5 Å². The zero-order valence-electron chi connectivity index (χ0n) is 15.7. The van der Waals surface area contributed by atoms with Crippen LogP contribution in [0.5, 0.6) is 0 Å². The van der Waals surface area contributed by atoms with Crippen molar-refractivity contribution in [2.24, 2.45) is 0 Å². The van der Waals surface area contributed by atoms with Crippen LogP contribution in [0.15, 0.2) is 17.8 Å². The summed E-state index contributed by atoms with van der Waals surface area (Å²) in [6.45, 7) is 4.52. The molecule has 0 radical (unpaired) electrons. The van der Waals surface area contributed by atoms with Crippen LogP contribution in [0.4, 0.5) is 5.00 Å². The largest absolute Gasteiger partial charge is 0.317 e. The van der Waals surface area contributed by atoms with Gasteiger partial charge < -0.3 is 9.88 Å². The molecule has 2 aliphatic rings. The summed E-state index contributed by atoms with van der Waals surface area (Å²) in [7, 11) is 0. The maximum absolute atomic E-state index is 12.4. The minimum atomic E-state index is -0.0557. The van der Waals surface area contributed by atoms with Crippen molar-refractivity contribution >= 4 is 34.0 Å². The second kappa shape index (κ2) is 8.50. The molecule has 2 aliphatic carbocycles. The Morgan fingerprint density at radius 2 is 2.21 bits per heavy atom. The van der Waals surface area contributed by atoms with E-state index in [0.717, 1.165) is 47.2 Å². The van der Waals surface area contributed by atoms with Crippen molar-refractivity contribution in [3.8, 4) is 6.07 Å². The maximum Gasteiger partial charge on any atom is 0.225 e. The summed E-state index contributed by atoms with van der Waals surface area (Å²) in [5.41, 5.74) is 1.81. The fourth-order valence-corrected chi connectivity index (χ4v) is 5.70. The number of nitriles is 1. The van der Waals surface area contributed by atoms with E-state index in [1.54, 1.807) is 23.1 Å². The van der Waals surface area contributed by atoms with Crippen molar-refractivity contribution in [1.29, 1.82) is 5.26 Å². The lowest BCUT2D eigenvalue weighted by atomic mass is 9.96. The normalized spacial score (nSPS) is 15.7. The Morgan fingerprint density at radius 1 is 1.39 bits per heavy atom. The highest BCUT2D eigenvalue weighted by Crippen LogP contribution is 2.40. The maximum atomic E-state index is 12.4. The molecular weight excluding hydrogens is 390 g/mol. The second-order valence-electron chi connectivity index (χ2n) is 7.19. The molecule has 0 unspecified atom stereocenters. The van der Waals surface area contributed by atoms with Crippen LogP contribution in [-0.2, 0) is 24.2 Å². The van der Waals surface area contributed by atoms with Gasteiger partial charge in [0.1, 0.15) is 16.9 Å². The minimum Gasteiger partial charge on any atom is -0.317 e. The average Bonchev–Trinajstić information content (AvgIpc) is 3.37. The first-order valence-electron chi connectivity index (χ1n) is 9.72. The topological polar surface area (TPSA) is 83.6 Å². The lowest BCUT2D eigenvalue weighted by Gasteiger charge is -2.09. The number of nitrogens with one attached hydrogen (secondary N) is 1. The van der Waals surface area contributed by atoms with E-state index in [-0.39, 0.29) is 5.91 Å². The van der Waals surface area contributed by atoms with Crippen LogP contribution < -0.4 is 5.32 Å². The quantitative estimate of drug-likeness (QED) is 0.516. The molecular formula is C20H23N5OS2. The molecule has 1 fully saturated rings. The van der Waals surface area contributed by atoms with Crippen LogP contribution in [0, 0.1) is 11.3 Å². The number of rotatable bonds is 8. The fraction of sp³-hybridized carbons (Fsp3) is 0.500. The van der Waals surface area contributed by atoms with E-state index in [9.17, 15) is 10.1 Å². The number of thiophene rings is 1. The third kappa shape index (κ3) is 4.01. The summed E-state index contributed by atoms with van der Waals surface area (Å²) < 4.78 is 2.11. The molecule has 28 heavy (non-hydrogen) atoms. The predicted octanol–water partition coefficient (Wildman–Crippen LogP) is 4.27. The third-order valence-corrected chi connectivity index (χ3v) is 7.27. The van der Waals surface area contributed by atoms with E-state index in [0.29, 0.717) is 30.2 Å². The lowest BCUT2D eigenvalue weighted by Crippen LogP contribution is -2.12. The highest BCUT2D eigenvalue weighted by Gasteiger charge is 2.30. The van der Waals surface area contributed by atoms with Crippen molar-refractivity contribution < 1.29 is 4.79 Å². The Balaban J connectivity index is 1.35. The van der Waals surface area contributed by atoms with E-state index >= 15 is 0 Å². The van der Waals surface area contributed by atoms with Crippen LogP contribution in [0.3, 0.4) is 0 Å². The first-order valence-corrected chi connectivity index (χ1v) is 11.5. The van der Waals surface area contributed by atoms with E-state index < -0.39 is 0 Å². The van der Waals surface area contributed by atoms with E-state index in [2.05, 4.69) is 32.7 Å². The summed E-state index contributed by atoms with van der Waals surface area (Å²) in [5, 5.41) is 22.7. The Hall–Kier alpha value is -2.11. The minimum absolute atomic E-state index is 0.0557. The number of carbonyl (C=O) groups is 1. The van der Waals surface area contributed by atoms with Crippen molar-refractivity contribution in [3.05, 3.63) is 34.5 Å². The van der Waals surface area contributed by atoms with Gasteiger partial charge in [0.15, 0.2) is 5.16 Å². The number of allylic oxidation sites excluding steroid dienone is 1. The number of aryl methyl sites for hydroxylation is 1. The molecule has 0 aliphatic heterocycles. The van der Waals surface area contributed by atoms with E-state index in [1.807, 2.05) is 6.08 Å². The zero-order valence-corrected chi connectivity index (χ0v) is 17.4. The fourth-order valence-electron chi connectivity index (χ4n) is 3.55. The molecule has 0 aromatic carbocycles. The SMILES string of the molecule is C=CCn1c(SCCC(=O)Nc2sc3c(c2C#N)CCCC3)nnc1C1CC1. The summed E-state index contributed by atoms with van der Waals surface area (Å²) in [6, 6.07) is 2.29. The van der Waals surface area contributed by atoms with Crippen molar-refractivity contribution in [2.45, 2.75) is 62.6 Å². The monoisotopic (exact) mass is 413 g/mol. The summed E-state index contributed by atoms with van der Waals surface area (Å²) in [4.78, 5) is 13.7. The number of thioether (sulfide) groups is 1. The molecule has 146 valence electrons. The highest BCUT2D eigenvalue weighted by atomic mass is 32.2. The van der Waals surface area contributed by atoms with Crippen LogP contribution in [0.2, 0.25) is 0 Å². The third-order valence-electron chi connectivity index (χ3n) is 5.10. The van der Waals surface area contributed by atoms with Crippen molar-refractivity contribution in [2.75, 3.05) is 11.1 Å². The molecule has 2 heterocycles. The number of nitrogens with zero attached hydrogens (tertiary/aromatic N) is 4. The number of amides is 1. The van der Waals surface area contributed by atoms with Gasteiger partial charge in [-0.2, -0.15) is 5.26 Å². The van der Waals surface area contributed by atoms with Gasteiger partial charge in [-0.05, 0) is 44.1 Å². The number of hydrogen-bond donors (Lipinski definition) is 1. The second-order valence-corrected chi connectivity index (χ2v) is 9.36. The predicted molar refractivity (Wildman–Crippen MR) is 112 cm³/mol. The van der Waals surface area contributed by atoms with Gasteiger partial charge >= 0.3 is 0 Å². The van der Waals surface area contributed by atoms with Gasteiger partial charge in [-0.25, -0.2) is 0 Å². The molecule has 2 aromatic rings. The first-order chi connectivity index (χ1) is 13.7. The smallest absolute Gasteiger partial charge is 0.225 e. The molecule has 0 spiro atoms. The van der Waals surface area contributed by atoms with Crippen LogP contribution >= 0.6 is 23.1 Å².